The van der Waals surface area contributed by atoms with Crippen molar-refractivity contribution in [1.82, 2.24) is 20.0 Å². The van der Waals surface area contributed by atoms with Crippen LogP contribution in [0, 0.1) is 12.8 Å². The van der Waals surface area contributed by atoms with Gasteiger partial charge in [0.15, 0.2) is 0 Å². The SMILES string of the molecule is Cc1nn(-c2ccccc2)c(Cl)c1C(=O)N1CCC(NC(=O)C2CCCCC2)CC1. The summed E-state index contributed by atoms with van der Waals surface area (Å²) in [5.41, 5.74) is 1.92. The Labute approximate surface area is 182 Å². The van der Waals surface area contributed by atoms with Crippen LogP contribution >= 0.6 is 11.6 Å². The van der Waals surface area contributed by atoms with Crippen LogP contribution in [0.2, 0.25) is 5.15 Å². The zero-order chi connectivity index (χ0) is 21.1. The number of nitrogens with zero attached hydrogens (tertiary/aromatic N) is 3. The summed E-state index contributed by atoms with van der Waals surface area (Å²) in [5, 5.41) is 8.04. The largest absolute Gasteiger partial charge is 0.353 e. The van der Waals surface area contributed by atoms with Gasteiger partial charge < -0.3 is 10.2 Å². The monoisotopic (exact) mass is 428 g/mol. The lowest BCUT2D eigenvalue weighted by Crippen LogP contribution is -2.48. The van der Waals surface area contributed by atoms with Gasteiger partial charge in [-0.05, 0) is 44.7 Å². The number of para-hydroxylation sites is 1. The Morgan fingerprint density at radius 1 is 1.03 bits per heavy atom. The van der Waals surface area contributed by atoms with Crippen molar-refractivity contribution in [1.29, 1.82) is 0 Å². The van der Waals surface area contributed by atoms with Crippen LogP contribution in [0.1, 0.15) is 61.0 Å². The van der Waals surface area contributed by atoms with Crippen molar-refractivity contribution < 1.29 is 9.59 Å². The van der Waals surface area contributed by atoms with E-state index in [9.17, 15) is 9.59 Å². The number of benzene rings is 1. The summed E-state index contributed by atoms with van der Waals surface area (Å²) >= 11 is 6.56. The van der Waals surface area contributed by atoms with E-state index < -0.39 is 0 Å². The lowest BCUT2D eigenvalue weighted by Gasteiger charge is -2.33. The molecule has 1 aliphatic carbocycles. The molecule has 1 saturated carbocycles. The molecule has 1 aromatic heterocycles. The van der Waals surface area contributed by atoms with Crippen LogP contribution in [0.15, 0.2) is 30.3 Å². The van der Waals surface area contributed by atoms with Gasteiger partial charge in [-0.15, -0.1) is 0 Å². The molecule has 2 aromatic rings. The van der Waals surface area contributed by atoms with Gasteiger partial charge in [-0.2, -0.15) is 5.10 Å². The minimum atomic E-state index is -0.0864. The van der Waals surface area contributed by atoms with Crippen molar-refractivity contribution in [2.24, 2.45) is 5.92 Å². The first-order valence-corrected chi connectivity index (χ1v) is 11.3. The van der Waals surface area contributed by atoms with E-state index in [1.54, 1.807) is 4.68 Å². The molecule has 0 atom stereocenters. The molecule has 1 N–H and O–H groups in total. The summed E-state index contributed by atoms with van der Waals surface area (Å²) < 4.78 is 1.61. The second-order valence-corrected chi connectivity index (χ2v) is 8.77. The van der Waals surface area contributed by atoms with Gasteiger partial charge in [0.2, 0.25) is 5.91 Å². The summed E-state index contributed by atoms with van der Waals surface area (Å²) in [6.07, 6.45) is 7.11. The predicted octanol–water partition coefficient (Wildman–Crippen LogP) is 4.14. The molecule has 4 rings (SSSR count). The molecular formula is C23H29ClN4O2. The van der Waals surface area contributed by atoms with Crippen molar-refractivity contribution in [2.45, 2.75) is 57.9 Å². The maximum Gasteiger partial charge on any atom is 0.258 e. The van der Waals surface area contributed by atoms with Gasteiger partial charge in [0.1, 0.15) is 5.15 Å². The average Bonchev–Trinajstić information content (AvgIpc) is 3.09. The lowest BCUT2D eigenvalue weighted by atomic mass is 9.88. The van der Waals surface area contributed by atoms with Crippen LogP contribution in [0.25, 0.3) is 5.69 Å². The molecule has 7 heteroatoms. The Balaban J connectivity index is 1.38. The fourth-order valence-corrected chi connectivity index (χ4v) is 4.90. The molecule has 0 bridgehead atoms. The fraction of sp³-hybridized carbons (Fsp3) is 0.522. The van der Waals surface area contributed by atoms with Gasteiger partial charge in [-0.1, -0.05) is 49.1 Å². The van der Waals surface area contributed by atoms with Crippen molar-refractivity contribution in [3.63, 3.8) is 0 Å². The van der Waals surface area contributed by atoms with Gasteiger partial charge in [-0.3, -0.25) is 9.59 Å². The Bertz CT molecular complexity index is 897. The summed E-state index contributed by atoms with van der Waals surface area (Å²) in [7, 11) is 0. The van der Waals surface area contributed by atoms with E-state index in [-0.39, 0.29) is 23.8 Å². The molecule has 0 unspecified atom stereocenters. The number of piperidine rings is 1. The van der Waals surface area contributed by atoms with Crippen LogP contribution in [-0.4, -0.2) is 45.6 Å². The highest BCUT2D eigenvalue weighted by Gasteiger charge is 2.30. The van der Waals surface area contributed by atoms with E-state index in [2.05, 4.69) is 10.4 Å². The molecule has 0 spiro atoms. The van der Waals surface area contributed by atoms with Crippen LogP contribution in [0.5, 0.6) is 0 Å². The summed E-state index contributed by atoms with van der Waals surface area (Å²) in [5.74, 6) is 0.280. The number of hydrogen-bond acceptors (Lipinski definition) is 3. The molecule has 30 heavy (non-hydrogen) atoms. The molecule has 2 heterocycles. The van der Waals surface area contributed by atoms with Crippen molar-refractivity contribution in [3.05, 3.63) is 46.7 Å². The zero-order valence-corrected chi connectivity index (χ0v) is 18.2. The number of rotatable bonds is 4. The molecule has 1 aromatic carbocycles. The molecule has 2 fully saturated rings. The number of carbonyl (C=O) groups excluding carboxylic acids is 2. The highest BCUT2D eigenvalue weighted by atomic mass is 35.5. The third-order valence-electron chi connectivity index (χ3n) is 6.32. The Hall–Kier alpha value is -2.34. The van der Waals surface area contributed by atoms with Gasteiger partial charge in [-0.25, -0.2) is 4.68 Å². The van der Waals surface area contributed by atoms with Gasteiger partial charge >= 0.3 is 0 Å². The Morgan fingerprint density at radius 3 is 2.37 bits per heavy atom. The maximum absolute atomic E-state index is 13.2. The number of nitrogens with one attached hydrogen (secondary N) is 1. The van der Waals surface area contributed by atoms with Gasteiger partial charge in [0, 0.05) is 25.0 Å². The second-order valence-electron chi connectivity index (χ2n) is 8.41. The number of carbonyl (C=O) groups is 2. The molecule has 2 amide bonds. The smallest absolute Gasteiger partial charge is 0.258 e. The molecule has 6 nitrogen and oxygen atoms in total. The number of aryl methyl sites for hydroxylation is 1. The molecule has 2 aliphatic rings. The molecule has 1 aliphatic heterocycles. The van der Waals surface area contributed by atoms with Crippen molar-refractivity contribution in [3.8, 4) is 5.69 Å². The van der Waals surface area contributed by atoms with Crippen LogP contribution in [0.4, 0.5) is 0 Å². The van der Waals surface area contributed by atoms with E-state index in [1.807, 2.05) is 42.2 Å². The van der Waals surface area contributed by atoms with Gasteiger partial charge in [0.05, 0.1) is 16.9 Å². The number of aromatic nitrogens is 2. The Kier molecular flexibility index (Phi) is 6.42. The summed E-state index contributed by atoms with van der Waals surface area (Å²) in [6, 6.07) is 9.72. The molecule has 0 radical (unpaired) electrons. The maximum atomic E-state index is 13.2. The summed E-state index contributed by atoms with van der Waals surface area (Å²) in [4.78, 5) is 27.5. The first-order chi connectivity index (χ1) is 14.5. The zero-order valence-electron chi connectivity index (χ0n) is 17.4. The van der Waals surface area contributed by atoms with Crippen LogP contribution in [0.3, 0.4) is 0 Å². The van der Waals surface area contributed by atoms with E-state index in [0.717, 1.165) is 44.2 Å². The minimum absolute atomic E-state index is 0.0864. The van der Waals surface area contributed by atoms with E-state index in [4.69, 9.17) is 11.6 Å². The normalized spacial score (nSPS) is 18.4. The van der Waals surface area contributed by atoms with Crippen molar-refractivity contribution >= 4 is 23.4 Å². The third kappa shape index (κ3) is 4.38. The highest BCUT2D eigenvalue weighted by Crippen LogP contribution is 2.27. The predicted molar refractivity (Wildman–Crippen MR) is 117 cm³/mol. The first kappa shape index (κ1) is 20.9. The van der Waals surface area contributed by atoms with Crippen molar-refractivity contribution in [2.75, 3.05) is 13.1 Å². The summed E-state index contributed by atoms with van der Waals surface area (Å²) in [6.45, 7) is 3.04. The number of likely N-dealkylation sites (tertiary alicyclic amines) is 1. The molecular weight excluding hydrogens is 400 g/mol. The van der Waals surface area contributed by atoms with E-state index in [1.165, 1.54) is 6.42 Å². The second kappa shape index (κ2) is 9.21. The number of halogens is 1. The fourth-order valence-electron chi connectivity index (χ4n) is 4.55. The van der Waals surface area contributed by atoms with Crippen LogP contribution in [-0.2, 0) is 4.79 Å². The average molecular weight is 429 g/mol. The van der Waals surface area contributed by atoms with Crippen LogP contribution < -0.4 is 5.32 Å². The first-order valence-electron chi connectivity index (χ1n) is 10.9. The minimum Gasteiger partial charge on any atom is -0.353 e. The molecule has 1 saturated heterocycles. The third-order valence-corrected chi connectivity index (χ3v) is 6.67. The van der Waals surface area contributed by atoms with Gasteiger partial charge in [0.25, 0.3) is 5.91 Å². The van der Waals surface area contributed by atoms with E-state index in [0.29, 0.717) is 29.5 Å². The standard InChI is InChI=1S/C23H29ClN4O2/c1-16-20(21(24)28(26-16)19-10-6-3-7-11-19)23(30)27-14-12-18(13-15-27)25-22(29)17-8-4-2-5-9-17/h3,6-7,10-11,17-18H,2,4-5,8-9,12-15H2,1H3,(H,25,29). The Morgan fingerprint density at radius 2 is 1.70 bits per heavy atom. The number of hydrogen-bond donors (Lipinski definition) is 1. The number of amides is 2. The quantitative estimate of drug-likeness (QED) is 0.795. The topological polar surface area (TPSA) is 67.2 Å². The van der Waals surface area contributed by atoms with E-state index >= 15 is 0 Å². The lowest BCUT2D eigenvalue weighted by molar-refractivity contribution is -0.126. The highest BCUT2D eigenvalue weighted by molar-refractivity contribution is 6.33. The molecule has 160 valence electrons.